The van der Waals surface area contributed by atoms with Crippen LogP contribution >= 0.6 is 23.8 Å². The number of carbonyl (C=O) groups is 1. The van der Waals surface area contributed by atoms with E-state index in [-0.39, 0.29) is 18.0 Å². The molecule has 4 aromatic rings. The van der Waals surface area contributed by atoms with Gasteiger partial charge in [0, 0.05) is 46.5 Å². The van der Waals surface area contributed by atoms with Crippen molar-refractivity contribution < 1.29 is 9.53 Å². The number of hydrogen-bond donors (Lipinski definition) is 2. The fourth-order valence-corrected chi connectivity index (χ4v) is 5.93. The molecule has 3 heterocycles. The van der Waals surface area contributed by atoms with E-state index in [1.54, 1.807) is 13.3 Å². The van der Waals surface area contributed by atoms with Crippen LogP contribution in [0.25, 0.3) is 5.69 Å². The van der Waals surface area contributed by atoms with Crippen molar-refractivity contribution in [2.75, 3.05) is 17.3 Å². The zero-order valence-electron chi connectivity index (χ0n) is 23.2. The number of anilines is 2. The molecule has 40 heavy (non-hydrogen) atoms. The first-order valence-corrected chi connectivity index (χ1v) is 14.0. The lowest BCUT2D eigenvalue weighted by molar-refractivity contribution is -0.115. The van der Waals surface area contributed by atoms with Crippen LogP contribution in [0, 0.1) is 20.8 Å². The Labute approximate surface area is 245 Å². The first-order chi connectivity index (χ1) is 19.2. The number of benzene rings is 2. The van der Waals surface area contributed by atoms with Crippen molar-refractivity contribution in [3.05, 3.63) is 100 Å². The second-order valence-electron chi connectivity index (χ2n) is 9.83. The Kier molecular flexibility index (Phi) is 7.83. The number of rotatable bonds is 7. The molecule has 206 valence electrons. The van der Waals surface area contributed by atoms with Gasteiger partial charge in [0.25, 0.3) is 0 Å². The fourth-order valence-electron chi connectivity index (χ4n) is 5.42. The highest BCUT2D eigenvalue weighted by Gasteiger charge is 2.42. The summed E-state index contributed by atoms with van der Waals surface area (Å²) < 4.78 is 7.92. The molecule has 1 fully saturated rings. The van der Waals surface area contributed by atoms with Crippen molar-refractivity contribution in [3.63, 3.8) is 0 Å². The Morgan fingerprint density at radius 1 is 1.12 bits per heavy atom. The number of methoxy groups -OCH3 is 1. The Morgan fingerprint density at radius 3 is 2.62 bits per heavy atom. The van der Waals surface area contributed by atoms with Gasteiger partial charge in [-0.3, -0.25) is 9.78 Å². The van der Waals surface area contributed by atoms with Gasteiger partial charge < -0.3 is 24.8 Å². The summed E-state index contributed by atoms with van der Waals surface area (Å²) >= 11 is 12.5. The van der Waals surface area contributed by atoms with Gasteiger partial charge in [0.05, 0.1) is 30.6 Å². The number of aromatic nitrogens is 2. The number of nitrogens with one attached hydrogen (secondary N) is 2. The summed E-state index contributed by atoms with van der Waals surface area (Å²) in [6.45, 7) is 8.08. The van der Waals surface area contributed by atoms with Crippen LogP contribution in [0.5, 0.6) is 5.75 Å². The van der Waals surface area contributed by atoms with Crippen LogP contribution in [0.1, 0.15) is 53.6 Å². The SMILES string of the molecule is CCC(=O)Nc1ccc(N2C(=S)N[C@H](c3ccccn3)[C@@H]2c2cc(C)n(-c3cccc(Cl)c3C)c2C)cc1OC. The van der Waals surface area contributed by atoms with E-state index in [0.717, 1.165) is 44.6 Å². The minimum atomic E-state index is -0.206. The Bertz CT molecular complexity index is 1590. The highest BCUT2D eigenvalue weighted by atomic mass is 35.5. The van der Waals surface area contributed by atoms with Crippen molar-refractivity contribution in [1.29, 1.82) is 0 Å². The van der Waals surface area contributed by atoms with E-state index in [1.165, 1.54) is 0 Å². The fraction of sp³-hybridized carbons (Fsp3) is 0.258. The standard InChI is InChI=1S/C31H32ClN5O2S/c1-6-28(38)34-24-14-13-21(17-27(24)39-5)37-30(29(35-31(37)40)25-11-7-8-15-33-25)22-16-18(2)36(20(22)4)26-12-9-10-23(32)19(26)3/h7-17,29-30H,6H2,1-5H3,(H,34,38)(H,35,40)/t29-,30+/m1/s1. The molecular formula is C31H32ClN5O2S. The molecule has 2 aromatic heterocycles. The maximum atomic E-state index is 12.1. The molecule has 2 atom stereocenters. The van der Waals surface area contributed by atoms with Gasteiger partial charge in [-0.2, -0.15) is 0 Å². The molecule has 0 unspecified atom stereocenters. The molecule has 0 aliphatic carbocycles. The van der Waals surface area contributed by atoms with Gasteiger partial charge in [-0.05, 0) is 86.6 Å². The van der Waals surface area contributed by atoms with Gasteiger partial charge in [0.1, 0.15) is 5.75 Å². The van der Waals surface area contributed by atoms with Crippen LogP contribution < -0.4 is 20.3 Å². The van der Waals surface area contributed by atoms with Crippen LogP contribution in [-0.2, 0) is 4.79 Å². The zero-order valence-corrected chi connectivity index (χ0v) is 24.7. The summed E-state index contributed by atoms with van der Waals surface area (Å²) in [5.41, 5.74) is 7.70. The van der Waals surface area contributed by atoms with Crippen molar-refractivity contribution in [2.45, 2.75) is 46.2 Å². The quantitative estimate of drug-likeness (QED) is 0.232. The minimum absolute atomic E-state index is 0.0822. The number of halogens is 1. The zero-order chi connectivity index (χ0) is 28.6. The summed E-state index contributed by atoms with van der Waals surface area (Å²) in [4.78, 5) is 18.9. The number of amides is 1. The topological polar surface area (TPSA) is 71.4 Å². The van der Waals surface area contributed by atoms with E-state index in [1.807, 2.05) is 62.4 Å². The van der Waals surface area contributed by atoms with Gasteiger partial charge in [0.15, 0.2) is 5.11 Å². The minimum Gasteiger partial charge on any atom is -0.494 e. The van der Waals surface area contributed by atoms with Crippen LogP contribution in [0.2, 0.25) is 5.02 Å². The summed E-state index contributed by atoms with van der Waals surface area (Å²) in [5.74, 6) is 0.475. The van der Waals surface area contributed by atoms with Gasteiger partial charge in [0.2, 0.25) is 5.91 Å². The third-order valence-corrected chi connectivity index (χ3v) is 8.15. The van der Waals surface area contributed by atoms with E-state index in [4.69, 9.17) is 28.6 Å². The highest BCUT2D eigenvalue weighted by molar-refractivity contribution is 7.80. The molecule has 9 heteroatoms. The Balaban J connectivity index is 1.66. The molecular weight excluding hydrogens is 542 g/mol. The molecule has 7 nitrogen and oxygen atoms in total. The average molecular weight is 574 g/mol. The van der Waals surface area contributed by atoms with Crippen LogP contribution in [0.15, 0.2) is 66.9 Å². The predicted molar refractivity (Wildman–Crippen MR) is 165 cm³/mol. The van der Waals surface area contributed by atoms with Gasteiger partial charge >= 0.3 is 0 Å². The molecule has 1 amide bonds. The molecule has 5 rings (SSSR count). The Morgan fingerprint density at radius 2 is 1.93 bits per heavy atom. The maximum Gasteiger partial charge on any atom is 0.224 e. The van der Waals surface area contributed by atoms with Gasteiger partial charge in [-0.25, -0.2) is 0 Å². The average Bonchev–Trinajstić information content (AvgIpc) is 3.45. The number of ether oxygens (including phenoxy) is 1. The number of nitrogens with zero attached hydrogens (tertiary/aromatic N) is 3. The molecule has 0 spiro atoms. The third kappa shape index (κ3) is 4.93. The lowest BCUT2D eigenvalue weighted by Crippen LogP contribution is -2.29. The number of carbonyl (C=O) groups excluding carboxylic acids is 1. The molecule has 0 saturated carbocycles. The lowest BCUT2D eigenvalue weighted by Gasteiger charge is -2.29. The molecule has 1 saturated heterocycles. The number of aryl methyl sites for hydroxylation is 1. The van der Waals surface area contributed by atoms with Crippen molar-refractivity contribution >= 4 is 46.2 Å². The van der Waals surface area contributed by atoms with Crippen molar-refractivity contribution in [2.24, 2.45) is 0 Å². The van der Waals surface area contributed by atoms with Crippen LogP contribution in [0.3, 0.4) is 0 Å². The monoisotopic (exact) mass is 573 g/mol. The smallest absolute Gasteiger partial charge is 0.224 e. The van der Waals surface area contributed by atoms with Crippen molar-refractivity contribution in [3.8, 4) is 11.4 Å². The molecule has 0 radical (unpaired) electrons. The summed E-state index contributed by atoms with van der Waals surface area (Å²) in [7, 11) is 1.59. The number of thiocarbonyl (C=S) groups is 1. The van der Waals surface area contributed by atoms with Crippen LogP contribution in [0.4, 0.5) is 11.4 Å². The first kappa shape index (κ1) is 27.7. The lowest BCUT2D eigenvalue weighted by atomic mass is 9.96. The third-order valence-electron chi connectivity index (χ3n) is 7.43. The summed E-state index contributed by atoms with van der Waals surface area (Å²) in [6.07, 6.45) is 2.17. The molecule has 1 aliphatic rings. The number of pyridine rings is 1. The molecule has 0 bridgehead atoms. The van der Waals surface area contributed by atoms with E-state index >= 15 is 0 Å². The van der Waals surface area contributed by atoms with Crippen molar-refractivity contribution in [1.82, 2.24) is 14.9 Å². The Hall–Kier alpha value is -3.88. The molecule has 1 aliphatic heterocycles. The van der Waals surface area contributed by atoms with E-state index in [0.29, 0.717) is 23.0 Å². The van der Waals surface area contributed by atoms with E-state index < -0.39 is 0 Å². The van der Waals surface area contributed by atoms with Gasteiger partial charge in [-0.15, -0.1) is 0 Å². The number of hydrogen-bond acceptors (Lipinski definition) is 4. The summed E-state index contributed by atoms with van der Waals surface area (Å²) in [5, 5.41) is 7.75. The van der Waals surface area contributed by atoms with E-state index in [2.05, 4.69) is 51.1 Å². The highest BCUT2D eigenvalue weighted by Crippen LogP contribution is 2.45. The van der Waals surface area contributed by atoms with Gasteiger partial charge in [-0.1, -0.05) is 30.7 Å². The summed E-state index contributed by atoms with van der Waals surface area (Å²) in [6, 6.07) is 19.4. The van der Waals surface area contributed by atoms with Crippen LogP contribution in [-0.4, -0.2) is 27.7 Å². The van der Waals surface area contributed by atoms with E-state index in [9.17, 15) is 4.79 Å². The normalized spacial score (nSPS) is 16.6. The molecule has 2 aromatic carbocycles. The molecule has 2 N–H and O–H groups in total. The largest absolute Gasteiger partial charge is 0.494 e. The maximum absolute atomic E-state index is 12.1. The second kappa shape index (κ2) is 11.3. The second-order valence-corrected chi connectivity index (χ2v) is 10.6. The predicted octanol–water partition coefficient (Wildman–Crippen LogP) is 6.99. The first-order valence-electron chi connectivity index (χ1n) is 13.2.